The third-order valence-corrected chi connectivity index (χ3v) is 3.27. The minimum atomic E-state index is 0.517. The molecule has 0 saturated carbocycles. The van der Waals surface area contributed by atoms with E-state index < -0.39 is 0 Å². The minimum Gasteiger partial charge on any atom is -0.370 e. The molecule has 1 aromatic heterocycles. The summed E-state index contributed by atoms with van der Waals surface area (Å²) in [6.45, 7) is 6.12. The maximum atomic E-state index is 4.20. The van der Waals surface area contributed by atoms with Gasteiger partial charge in [0.05, 0.1) is 6.20 Å². The molecule has 0 bridgehead atoms. The van der Waals surface area contributed by atoms with E-state index in [2.05, 4.69) is 66.7 Å². The van der Waals surface area contributed by atoms with Crippen molar-refractivity contribution >= 4 is 5.69 Å². The Labute approximate surface area is 121 Å². The largest absolute Gasteiger partial charge is 0.370 e. The second-order valence-corrected chi connectivity index (χ2v) is 5.58. The highest BCUT2D eigenvalue weighted by Crippen LogP contribution is 2.16. The van der Waals surface area contributed by atoms with Crippen LogP contribution in [0.5, 0.6) is 0 Å². The van der Waals surface area contributed by atoms with Gasteiger partial charge in [-0.3, -0.25) is 4.68 Å². The third-order valence-electron chi connectivity index (χ3n) is 3.27. The molecule has 0 unspecified atom stereocenters. The molecule has 0 saturated heterocycles. The van der Waals surface area contributed by atoms with Gasteiger partial charge >= 0.3 is 0 Å². The van der Waals surface area contributed by atoms with E-state index >= 15 is 0 Å². The number of rotatable bonds is 6. The smallest absolute Gasteiger partial charge is 0.0539 e. The average Bonchev–Trinajstić information content (AvgIpc) is 2.82. The van der Waals surface area contributed by atoms with Crippen molar-refractivity contribution in [2.75, 3.05) is 11.9 Å². The van der Waals surface area contributed by atoms with Crippen molar-refractivity contribution in [2.24, 2.45) is 7.05 Å². The summed E-state index contributed by atoms with van der Waals surface area (Å²) in [7, 11) is 4.05. The van der Waals surface area contributed by atoms with Gasteiger partial charge in [-0.05, 0) is 17.7 Å². The van der Waals surface area contributed by atoms with Crippen LogP contribution < -0.4 is 10.2 Å². The molecule has 1 heterocycles. The zero-order valence-electron chi connectivity index (χ0n) is 12.8. The van der Waals surface area contributed by atoms with Gasteiger partial charge in [-0.2, -0.15) is 5.10 Å². The van der Waals surface area contributed by atoms with E-state index in [1.165, 1.54) is 16.8 Å². The number of hydrogen-bond acceptors (Lipinski definition) is 3. The van der Waals surface area contributed by atoms with Crippen LogP contribution in [0.2, 0.25) is 0 Å². The van der Waals surface area contributed by atoms with Crippen molar-refractivity contribution in [3.63, 3.8) is 0 Å². The fourth-order valence-electron chi connectivity index (χ4n) is 2.11. The first-order chi connectivity index (χ1) is 9.54. The van der Waals surface area contributed by atoms with Crippen LogP contribution in [0.4, 0.5) is 5.69 Å². The standard InChI is InChI=1S/C16H24N4/c1-13(2)17-9-14-5-7-16(8-6-14)19(3)11-15-10-18-20(4)12-15/h5-8,10,12-13,17H,9,11H2,1-4H3. The summed E-state index contributed by atoms with van der Waals surface area (Å²) in [6, 6.07) is 9.24. The molecule has 0 amide bonds. The van der Waals surface area contributed by atoms with E-state index in [1.54, 1.807) is 0 Å². The molecule has 2 aromatic rings. The van der Waals surface area contributed by atoms with Crippen molar-refractivity contribution in [1.29, 1.82) is 0 Å². The number of nitrogens with one attached hydrogen (secondary N) is 1. The van der Waals surface area contributed by atoms with Crippen LogP contribution >= 0.6 is 0 Å². The van der Waals surface area contributed by atoms with Gasteiger partial charge in [-0.1, -0.05) is 26.0 Å². The highest BCUT2D eigenvalue weighted by molar-refractivity contribution is 5.47. The Balaban J connectivity index is 1.94. The van der Waals surface area contributed by atoms with Gasteiger partial charge in [0.1, 0.15) is 0 Å². The first kappa shape index (κ1) is 14.6. The van der Waals surface area contributed by atoms with Gasteiger partial charge in [0.2, 0.25) is 0 Å². The van der Waals surface area contributed by atoms with Gasteiger partial charge < -0.3 is 10.2 Å². The lowest BCUT2D eigenvalue weighted by Crippen LogP contribution is -2.22. The molecule has 4 nitrogen and oxygen atoms in total. The van der Waals surface area contributed by atoms with Gasteiger partial charge in [0, 0.05) is 50.7 Å². The fraction of sp³-hybridized carbons (Fsp3) is 0.438. The van der Waals surface area contributed by atoms with Crippen LogP contribution in [0.3, 0.4) is 0 Å². The van der Waals surface area contributed by atoms with Crippen LogP contribution in [-0.4, -0.2) is 22.9 Å². The maximum absolute atomic E-state index is 4.20. The molecule has 4 heteroatoms. The summed E-state index contributed by atoms with van der Waals surface area (Å²) in [6.07, 6.45) is 3.97. The summed E-state index contributed by atoms with van der Waals surface area (Å²) in [5.41, 5.74) is 3.76. The Kier molecular flexibility index (Phi) is 4.79. The Morgan fingerprint density at radius 3 is 2.45 bits per heavy atom. The number of anilines is 1. The first-order valence-corrected chi connectivity index (χ1v) is 7.05. The lowest BCUT2D eigenvalue weighted by Gasteiger charge is -2.19. The zero-order chi connectivity index (χ0) is 14.5. The molecule has 20 heavy (non-hydrogen) atoms. The second-order valence-electron chi connectivity index (χ2n) is 5.58. The molecule has 108 valence electrons. The molecule has 0 aliphatic rings. The molecule has 0 aliphatic heterocycles. The summed E-state index contributed by atoms with van der Waals surface area (Å²) < 4.78 is 1.84. The molecule has 2 rings (SSSR count). The van der Waals surface area contributed by atoms with E-state index in [9.17, 15) is 0 Å². The lowest BCUT2D eigenvalue weighted by atomic mass is 10.2. The Hall–Kier alpha value is -1.81. The molecule has 0 fully saturated rings. The van der Waals surface area contributed by atoms with Crippen LogP contribution in [0.15, 0.2) is 36.7 Å². The predicted molar refractivity (Wildman–Crippen MR) is 83.7 cm³/mol. The van der Waals surface area contributed by atoms with Crippen molar-refractivity contribution in [3.8, 4) is 0 Å². The van der Waals surface area contributed by atoms with Crippen LogP contribution in [0.1, 0.15) is 25.0 Å². The topological polar surface area (TPSA) is 33.1 Å². The van der Waals surface area contributed by atoms with Gasteiger partial charge in [-0.25, -0.2) is 0 Å². The van der Waals surface area contributed by atoms with Crippen molar-refractivity contribution in [1.82, 2.24) is 15.1 Å². The van der Waals surface area contributed by atoms with E-state index in [0.717, 1.165) is 13.1 Å². The SMILES string of the molecule is CC(C)NCc1ccc(N(C)Cc2cnn(C)c2)cc1. The molecular weight excluding hydrogens is 248 g/mol. The van der Waals surface area contributed by atoms with E-state index in [4.69, 9.17) is 0 Å². The van der Waals surface area contributed by atoms with Crippen molar-refractivity contribution in [2.45, 2.75) is 33.0 Å². The molecule has 0 aliphatic carbocycles. The number of hydrogen-bond donors (Lipinski definition) is 1. The monoisotopic (exact) mass is 272 g/mol. The summed E-state index contributed by atoms with van der Waals surface area (Å²) in [5, 5.41) is 7.63. The highest BCUT2D eigenvalue weighted by Gasteiger charge is 2.04. The molecule has 0 spiro atoms. The third kappa shape index (κ3) is 4.10. The molecule has 0 atom stereocenters. The zero-order valence-corrected chi connectivity index (χ0v) is 12.8. The molecule has 1 N–H and O–H groups in total. The lowest BCUT2D eigenvalue weighted by molar-refractivity contribution is 0.589. The first-order valence-electron chi connectivity index (χ1n) is 7.05. The number of benzene rings is 1. The van der Waals surface area contributed by atoms with E-state index in [-0.39, 0.29) is 0 Å². The second kappa shape index (κ2) is 6.57. The van der Waals surface area contributed by atoms with Gasteiger partial charge in [0.15, 0.2) is 0 Å². The van der Waals surface area contributed by atoms with Crippen LogP contribution in [-0.2, 0) is 20.1 Å². The van der Waals surface area contributed by atoms with Gasteiger partial charge in [0.25, 0.3) is 0 Å². The van der Waals surface area contributed by atoms with E-state index in [0.29, 0.717) is 6.04 Å². The number of aryl methyl sites for hydroxylation is 1. The Morgan fingerprint density at radius 2 is 1.90 bits per heavy atom. The van der Waals surface area contributed by atoms with Crippen LogP contribution in [0, 0.1) is 0 Å². The quantitative estimate of drug-likeness (QED) is 0.877. The van der Waals surface area contributed by atoms with Gasteiger partial charge in [-0.15, -0.1) is 0 Å². The number of aromatic nitrogens is 2. The predicted octanol–water partition coefficient (Wildman–Crippen LogP) is 2.55. The van der Waals surface area contributed by atoms with Crippen LogP contribution in [0.25, 0.3) is 0 Å². The fourth-order valence-corrected chi connectivity index (χ4v) is 2.11. The summed E-state index contributed by atoms with van der Waals surface area (Å²) in [5.74, 6) is 0. The maximum Gasteiger partial charge on any atom is 0.0539 e. The number of nitrogens with zero attached hydrogens (tertiary/aromatic N) is 3. The average molecular weight is 272 g/mol. The normalized spacial score (nSPS) is 11.1. The Morgan fingerprint density at radius 1 is 1.20 bits per heavy atom. The molecular formula is C16H24N4. The van der Waals surface area contributed by atoms with E-state index in [1.807, 2.05) is 17.9 Å². The summed E-state index contributed by atoms with van der Waals surface area (Å²) in [4.78, 5) is 2.23. The molecule has 0 radical (unpaired) electrons. The highest BCUT2D eigenvalue weighted by atomic mass is 15.2. The molecule has 1 aromatic carbocycles. The van der Waals surface area contributed by atoms with Crippen molar-refractivity contribution in [3.05, 3.63) is 47.8 Å². The Bertz CT molecular complexity index is 528. The summed E-state index contributed by atoms with van der Waals surface area (Å²) >= 11 is 0. The van der Waals surface area contributed by atoms with Crippen molar-refractivity contribution < 1.29 is 0 Å². The minimum absolute atomic E-state index is 0.517.